The Hall–Kier alpha value is -4.03. The van der Waals surface area contributed by atoms with Crippen LogP contribution in [-0.4, -0.2) is 61.1 Å². The molecular weight excluding hydrogens is 686 g/mol. The summed E-state index contributed by atoms with van der Waals surface area (Å²) in [5.41, 5.74) is -2.59. The highest BCUT2D eigenvalue weighted by Crippen LogP contribution is 2.41. The zero-order valence-corrected chi connectivity index (χ0v) is 26.6. The molecule has 0 unspecified atom stereocenters. The third-order valence-electron chi connectivity index (χ3n) is 8.49. The summed E-state index contributed by atoms with van der Waals surface area (Å²) in [6.45, 7) is 1.25. The molecule has 256 valence electrons. The zero-order chi connectivity index (χ0) is 34.4. The van der Waals surface area contributed by atoms with Gasteiger partial charge < -0.3 is 10.0 Å². The van der Waals surface area contributed by atoms with Crippen LogP contribution in [0.4, 0.5) is 31.5 Å². The molecule has 0 atom stereocenters. The van der Waals surface area contributed by atoms with Crippen molar-refractivity contribution in [1.29, 1.82) is 0 Å². The summed E-state index contributed by atoms with van der Waals surface area (Å²) in [7, 11) is -3.93. The van der Waals surface area contributed by atoms with Crippen molar-refractivity contribution < 1.29 is 44.7 Å². The van der Waals surface area contributed by atoms with Crippen LogP contribution in [0.2, 0.25) is 0 Å². The fourth-order valence-electron chi connectivity index (χ4n) is 5.93. The van der Waals surface area contributed by atoms with Crippen LogP contribution in [0.25, 0.3) is 5.57 Å². The van der Waals surface area contributed by atoms with Gasteiger partial charge in [-0.05, 0) is 66.3 Å². The number of hydrogen-bond acceptors (Lipinski definition) is 9. The van der Waals surface area contributed by atoms with Gasteiger partial charge in [0.25, 0.3) is 0 Å². The van der Waals surface area contributed by atoms with Gasteiger partial charge in [0.15, 0.2) is 5.13 Å². The molecule has 3 aliphatic heterocycles. The number of benzene rings is 2. The summed E-state index contributed by atoms with van der Waals surface area (Å²) in [5, 5.41) is 20.0. The maximum atomic E-state index is 14.1. The van der Waals surface area contributed by atoms with Crippen LogP contribution in [0, 0.1) is 5.92 Å². The number of thiazole rings is 1. The molecular formula is C30H28F6N6O4S2. The quantitative estimate of drug-likeness (QED) is 0.357. The summed E-state index contributed by atoms with van der Waals surface area (Å²) in [4.78, 5) is 18.9. The number of aromatic hydroxyl groups is 1. The summed E-state index contributed by atoms with van der Waals surface area (Å²) < 4.78 is 111. The molecule has 1 aromatic heterocycles. The number of piperidine rings is 1. The van der Waals surface area contributed by atoms with Crippen molar-refractivity contribution in [1.82, 2.24) is 14.0 Å². The lowest BCUT2D eigenvalue weighted by molar-refractivity contribution is -0.143. The van der Waals surface area contributed by atoms with Crippen LogP contribution in [0.1, 0.15) is 52.8 Å². The molecule has 2 fully saturated rings. The Kier molecular flexibility index (Phi) is 9.01. The Morgan fingerprint density at radius 2 is 1.69 bits per heavy atom. The van der Waals surface area contributed by atoms with Gasteiger partial charge in [0, 0.05) is 44.1 Å². The Morgan fingerprint density at radius 1 is 0.979 bits per heavy atom. The average molecular weight is 715 g/mol. The average Bonchev–Trinajstić information content (AvgIpc) is 3.80. The van der Waals surface area contributed by atoms with E-state index in [4.69, 9.17) is 0 Å². The summed E-state index contributed by atoms with van der Waals surface area (Å²) in [5.74, 6) is -1.68. The molecule has 0 bridgehead atoms. The number of anilines is 1. The number of halogens is 6. The van der Waals surface area contributed by atoms with Crippen molar-refractivity contribution in [2.45, 2.75) is 44.5 Å². The maximum Gasteiger partial charge on any atom is 0.416 e. The number of nitrogens with one attached hydrogen (secondary N) is 1. The molecule has 0 aliphatic carbocycles. The minimum atomic E-state index is -5.10. The third-order valence-corrected chi connectivity index (χ3v) is 11.2. The number of nitrogens with zero attached hydrogens (tertiary/aromatic N) is 5. The molecule has 2 N–H and O–H groups in total. The van der Waals surface area contributed by atoms with E-state index in [1.165, 1.54) is 10.5 Å². The number of amides is 1. The smallest absolute Gasteiger partial charge is 0.416 e. The number of rotatable bonds is 7. The van der Waals surface area contributed by atoms with Gasteiger partial charge in [0.2, 0.25) is 11.8 Å². The van der Waals surface area contributed by atoms with Crippen molar-refractivity contribution in [2.24, 2.45) is 16.1 Å². The van der Waals surface area contributed by atoms with E-state index in [9.17, 15) is 44.7 Å². The fourth-order valence-corrected chi connectivity index (χ4v) is 8.30. The van der Waals surface area contributed by atoms with E-state index in [1.54, 1.807) is 23.1 Å². The Morgan fingerprint density at radius 3 is 2.35 bits per heavy atom. The summed E-state index contributed by atoms with van der Waals surface area (Å²) in [6, 6.07) is 6.23. The van der Waals surface area contributed by atoms with Gasteiger partial charge in [-0.3, -0.25) is 4.79 Å². The minimum absolute atomic E-state index is 0.0792. The van der Waals surface area contributed by atoms with Crippen LogP contribution >= 0.6 is 11.3 Å². The zero-order valence-electron chi connectivity index (χ0n) is 25.0. The van der Waals surface area contributed by atoms with Crippen LogP contribution < -0.4 is 20.2 Å². The van der Waals surface area contributed by atoms with Gasteiger partial charge in [-0.25, -0.2) is 4.72 Å². The first kappa shape index (κ1) is 33.9. The second-order valence-electron chi connectivity index (χ2n) is 11.6. The largest absolute Gasteiger partial charge is 0.492 e. The normalized spacial score (nSPS) is 18.2. The third kappa shape index (κ3) is 7.05. The van der Waals surface area contributed by atoms with Gasteiger partial charge in [0.05, 0.1) is 27.6 Å². The Balaban J connectivity index is 1.30. The van der Waals surface area contributed by atoms with E-state index in [0.29, 0.717) is 40.4 Å². The highest BCUT2D eigenvalue weighted by molar-refractivity contribution is 7.87. The molecule has 18 heteroatoms. The number of carbonyl (C=O) groups excluding carboxylic acids is 1. The molecule has 0 radical (unpaired) electrons. The predicted molar refractivity (Wildman–Crippen MR) is 164 cm³/mol. The SMILES string of the molecule is O=C(NS(=O)(=O)N1CCCC1)C1CCN(c2nc(O)c(C(Cc3ccc(C(F)(F)F)cc3C(F)(F)F)=c3ccc4c(c3)C=NN=4)s2)CC1. The summed E-state index contributed by atoms with van der Waals surface area (Å²) >= 11 is 0.985. The van der Waals surface area contributed by atoms with E-state index in [-0.39, 0.29) is 42.4 Å². The van der Waals surface area contributed by atoms with Crippen molar-refractivity contribution >= 4 is 44.4 Å². The lowest BCUT2D eigenvalue weighted by atomic mass is 9.94. The van der Waals surface area contributed by atoms with E-state index >= 15 is 0 Å². The molecule has 6 rings (SSSR count). The number of aromatic nitrogens is 1. The van der Waals surface area contributed by atoms with Crippen LogP contribution in [0.15, 0.2) is 46.6 Å². The fraction of sp³-hybridized carbons (Fsp3) is 0.400. The standard InChI is InChI=1S/C30H28F6N6O4S2/c31-29(32,33)21-5-3-19(23(15-21)30(34,35)36)14-22(18-4-6-24-20(13-18)16-37-39-24)25-27(44)38-28(47-25)41-11-7-17(8-12-41)26(43)40-48(45,46)42-9-1-2-10-42/h3-6,13,15-17,44H,1-2,7-12,14H2,(H,40,43). The monoisotopic (exact) mass is 714 g/mol. The number of carbonyl (C=O) groups is 1. The minimum Gasteiger partial charge on any atom is -0.492 e. The van der Waals surface area contributed by atoms with Gasteiger partial charge in [-0.15, -0.1) is 0 Å². The number of alkyl halides is 6. The number of fused-ring (bicyclic) bond motifs is 1. The lowest BCUT2D eigenvalue weighted by Crippen LogP contribution is -2.46. The van der Waals surface area contributed by atoms with Crippen molar-refractivity contribution in [2.75, 3.05) is 31.1 Å². The molecule has 2 saturated heterocycles. The van der Waals surface area contributed by atoms with E-state index in [2.05, 4.69) is 19.9 Å². The predicted octanol–water partition coefficient (Wildman–Crippen LogP) is 3.97. The molecule has 48 heavy (non-hydrogen) atoms. The highest BCUT2D eigenvalue weighted by atomic mass is 32.2. The van der Waals surface area contributed by atoms with E-state index in [0.717, 1.165) is 30.2 Å². The second-order valence-corrected chi connectivity index (χ2v) is 14.3. The van der Waals surface area contributed by atoms with Gasteiger partial charge in [-0.1, -0.05) is 23.5 Å². The van der Waals surface area contributed by atoms with Gasteiger partial charge in [0.1, 0.15) is 0 Å². The van der Waals surface area contributed by atoms with Crippen LogP contribution in [0.5, 0.6) is 5.88 Å². The Bertz CT molecular complexity index is 2000. The summed E-state index contributed by atoms with van der Waals surface area (Å²) in [6.07, 6.45) is -7.14. The molecule has 3 aromatic rings. The van der Waals surface area contributed by atoms with Crippen LogP contribution in [0.3, 0.4) is 0 Å². The molecule has 0 spiro atoms. The van der Waals surface area contributed by atoms with Gasteiger partial charge >= 0.3 is 22.6 Å². The highest BCUT2D eigenvalue weighted by Gasteiger charge is 2.39. The topological polar surface area (TPSA) is 128 Å². The van der Waals surface area contributed by atoms with Crippen molar-refractivity contribution in [3.63, 3.8) is 0 Å². The molecule has 4 heterocycles. The molecule has 10 nitrogen and oxygen atoms in total. The number of hydrogen-bond donors (Lipinski definition) is 2. The molecule has 3 aliphatic rings. The molecule has 2 aromatic carbocycles. The first-order valence-corrected chi connectivity index (χ1v) is 17.1. The second kappa shape index (κ2) is 12.8. The molecule has 0 saturated carbocycles. The Labute approximate surface area is 274 Å². The van der Waals surface area contributed by atoms with Crippen molar-refractivity contribution in [3.8, 4) is 5.88 Å². The van der Waals surface area contributed by atoms with E-state index < -0.39 is 63.4 Å². The molecule has 1 amide bonds. The van der Waals surface area contributed by atoms with Crippen molar-refractivity contribution in [3.05, 3.63) is 74.1 Å². The first-order valence-electron chi connectivity index (χ1n) is 14.9. The maximum absolute atomic E-state index is 14.1. The van der Waals surface area contributed by atoms with Gasteiger partial charge in [-0.2, -0.15) is 54.3 Å². The van der Waals surface area contributed by atoms with Crippen LogP contribution in [-0.2, 0) is 33.8 Å². The van der Waals surface area contributed by atoms with E-state index in [1.807, 2.05) is 0 Å². The first-order chi connectivity index (χ1) is 22.6. The lowest BCUT2D eigenvalue weighted by Gasteiger charge is -2.31.